The Morgan fingerprint density at radius 2 is 1.84 bits per heavy atom. The van der Waals surface area contributed by atoms with Gasteiger partial charge >= 0.3 is 0 Å². The third-order valence-electron chi connectivity index (χ3n) is 5.09. The smallest absolute Gasteiger partial charge is 0.247 e. The molecule has 2 bridgehead atoms. The van der Waals surface area contributed by atoms with Crippen molar-refractivity contribution >= 4 is 10.0 Å². The van der Waals surface area contributed by atoms with Gasteiger partial charge in [0.1, 0.15) is 0 Å². The first-order valence-electron chi connectivity index (χ1n) is 6.77. The van der Waals surface area contributed by atoms with E-state index in [1.165, 1.54) is 37.6 Å². The van der Waals surface area contributed by atoms with Crippen LogP contribution < -0.4 is 10.3 Å². The zero-order valence-corrected chi connectivity index (χ0v) is 11.2. The molecule has 1 aromatic rings. The second-order valence-electron chi connectivity index (χ2n) is 6.02. The molecular weight excluding hydrogens is 264 g/mol. The maximum Gasteiger partial charge on any atom is 0.247 e. The largest absolute Gasteiger partial charge is 0.328 e. The zero-order valence-electron chi connectivity index (χ0n) is 10.4. The van der Waals surface area contributed by atoms with Crippen LogP contribution in [0.25, 0.3) is 0 Å². The highest BCUT2D eigenvalue weighted by atomic mass is 32.2. The third-order valence-corrected chi connectivity index (χ3v) is 6.55. The first kappa shape index (κ1) is 11.7. The molecule has 0 saturated heterocycles. The monoisotopic (exact) mass is 280 g/mol. The summed E-state index contributed by atoms with van der Waals surface area (Å²) in [4.78, 5) is 13.5. The van der Waals surface area contributed by atoms with Crippen LogP contribution in [0.3, 0.4) is 0 Å². The van der Waals surface area contributed by atoms with Gasteiger partial charge in [0.05, 0.1) is 4.90 Å². The third kappa shape index (κ3) is 1.70. The molecule has 3 aliphatic rings. The number of aromatic amines is 1. The number of aromatic nitrogens is 1. The van der Waals surface area contributed by atoms with E-state index >= 15 is 0 Å². The lowest BCUT2D eigenvalue weighted by molar-refractivity contribution is 0.456. The van der Waals surface area contributed by atoms with E-state index in [0.717, 1.165) is 11.8 Å². The van der Waals surface area contributed by atoms with Crippen molar-refractivity contribution in [2.75, 3.05) is 0 Å². The predicted octanol–water partition coefficient (Wildman–Crippen LogP) is 0.698. The molecule has 0 radical (unpaired) electrons. The van der Waals surface area contributed by atoms with Gasteiger partial charge in [-0.25, -0.2) is 13.1 Å². The molecule has 5 nitrogen and oxygen atoms in total. The highest BCUT2D eigenvalue weighted by Gasteiger charge is 2.65. The predicted molar refractivity (Wildman–Crippen MR) is 69.0 cm³/mol. The van der Waals surface area contributed by atoms with Gasteiger partial charge in [-0.2, -0.15) is 0 Å². The summed E-state index contributed by atoms with van der Waals surface area (Å²) >= 11 is 0. The van der Waals surface area contributed by atoms with E-state index in [9.17, 15) is 13.2 Å². The number of hydrogen-bond acceptors (Lipinski definition) is 3. The first-order chi connectivity index (χ1) is 9.06. The molecule has 1 aromatic heterocycles. The minimum Gasteiger partial charge on any atom is -0.328 e. The van der Waals surface area contributed by atoms with Crippen LogP contribution >= 0.6 is 0 Å². The molecule has 1 heterocycles. The quantitative estimate of drug-likeness (QED) is 0.855. The zero-order chi connectivity index (χ0) is 13.2. The molecule has 19 heavy (non-hydrogen) atoms. The van der Waals surface area contributed by atoms with Gasteiger partial charge in [-0.15, -0.1) is 0 Å². The molecule has 102 valence electrons. The average molecular weight is 280 g/mol. The molecule has 3 aliphatic carbocycles. The van der Waals surface area contributed by atoms with Crippen molar-refractivity contribution in [3.05, 3.63) is 28.7 Å². The molecule has 6 heteroatoms. The number of nitrogens with one attached hydrogen (secondary N) is 2. The Labute approximate surface area is 111 Å². The summed E-state index contributed by atoms with van der Waals surface area (Å²) in [7, 11) is -3.50. The Kier molecular flexibility index (Phi) is 2.27. The highest BCUT2D eigenvalue weighted by molar-refractivity contribution is 7.89. The molecule has 0 aliphatic heterocycles. The molecule has 0 amide bonds. The average Bonchev–Trinajstić information content (AvgIpc) is 2.78. The summed E-state index contributed by atoms with van der Waals surface area (Å²) < 4.78 is 27.3. The molecule has 3 saturated carbocycles. The van der Waals surface area contributed by atoms with Gasteiger partial charge < -0.3 is 4.98 Å². The fourth-order valence-corrected chi connectivity index (χ4v) is 5.56. The first-order valence-corrected chi connectivity index (χ1v) is 8.26. The van der Waals surface area contributed by atoms with E-state index in [-0.39, 0.29) is 16.5 Å². The Bertz CT molecular complexity index is 645. The number of hydrogen-bond donors (Lipinski definition) is 2. The van der Waals surface area contributed by atoms with Crippen molar-refractivity contribution in [2.45, 2.75) is 30.2 Å². The number of fused-ring (bicyclic) bond motifs is 5. The Morgan fingerprint density at radius 1 is 1.16 bits per heavy atom. The Balaban J connectivity index is 1.54. The van der Waals surface area contributed by atoms with E-state index in [4.69, 9.17) is 0 Å². The van der Waals surface area contributed by atoms with Crippen molar-refractivity contribution in [2.24, 2.45) is 23.7 Å². The van der Waals surface area contributed by atoms with Crippen LogP contribution in [0.15, 0.2) is 28.0 Å². The fraction of sp³-hybridized carbons (Fsp3) is 0.615. The van der Waals surface area contributed by atoms with Crippen LogP contribution in [0.2, 0.25) is 0 Å². The van der Waals surface area contributed by atoms with Crippen LogP contribution in [0.4, 0.5) is 0 Å². The van der Waals surface area contributed by atoms with Gasteiger partial charge in [0.2, 0.25) is 15.6 Å². The molecule has 4 unspecified atom stereocenters. The number of sulfonamides is 1. The second kappa shape index (κ2) is 3.70. The summed E-state index contributed by atoms with van der Waals surface area (Å²) in [6.45, 7) is 0. The summed E-state index contributed by atoms with van der Waals surface area (Å²) in [5.74, 6) is 2.60. The van der Waals surface area contributed by atoms with Gasteiger partial charge in [-0.3, -0.25) is 4.79 Å². The highest BCUT2D eigenvalue weighted by Crippen LogP contribution is 2.65. The topological polar surface area (TPSA) is 79.0 Å². The normalized spacial score (nSPS) is 39.3. The number of rotatable bonds is 3. The molecule has 4 atom stereocenters. The molecule has 4 rings (SSSR count). The lowest BCUT2D eigenvalue weighted by Gasteiger charge is -2.11. The number of pyridine rings is 1. The maximum absolute atomic E-state index is 12.2. The lowest BCUT2D eigenvalue weighted by atomic mass is 10.0. The molecule has 3 fully saturated rings. The lowest BCUT2D eigenvalue weighted by Crippen LogP contribution is -2.30. The van der Waals surface area contributed by atoms with Crippen LogP contribution in [0.1, 0.15) is 19.3 Å². The van der Waals surface area contributed by atoms with E-state index in [1.54, 1.807) is 0 Å². The van der Waals surface area contributed by atoms with Crippen molar-refractivity contribution in [3.8, 4) is 0 Å². The van der Waals surface area contributed by atoms with E-state index in [0.29, 0.717) is 11.8 Å². The SMILES string of the molecule is O=c1ccc(S(=O)(=O)NC2C3C4CCC(C4)C23)c[nH]1. The minimum atomic E-state index is -3.50. The minimum absolute atomic E-state index is 0.128. The fourth-order valence-electron chi connectivity index (χ4n) is 4.29. The van der Waals surface area contributed by atoms with E-state index in [2.05, 4.69) is 9.71 Å². The maximum atomic E-state index is 12.2. The van der Waals surface area contributed by atoms with Crippen LogP contribution in [0.5, 0.6) is 0 Å². The van der Waals surface area contributed by atoms with Crippen LogP contribution in [-0.2, 0) is 10.0 Å². The summed E-state index contributed by atoms with van der Waals surface area (Å²) in [5, 5.41) is 0. The van der Waals surface area contributed by atoms with Crippen LogP contribution in [0, 0.1) is 23.7 Å². The van der Waals surface area contributed by atoms with Gasteiger partial charge in [0, 0.05) is 18.3 Å². The summed E-state index contributed by atoms with van der Waals surface area (Å²) in [6, 6.07) is 2.73. The molecular formula is C13H16N2O3S. The van der Waals surface area contributed by atoms with Crippen molar-refractivity contribution < 1.29 is 8.42 Å². The van der Waals surface area contributed by atoms with Crippen molar-refractivity contribution in [3.63, 3.8) is 0 Å². The Morgan fingerprint density at radius 3 is 2.42 bits per heavy atom. The van der Waals surface area contributed by atoms with Gasteiger partial charge in [0.15, 0.2) is 0 Å². The molecule has 2 N–H and O–H groups in total. The van der Waals surface area contributed by atoms with Gasteiger partial charge in [0.25, 0.3) is 0 Å². The second-order valence-corrected chi connectivity index (χ2v) is 7.74. The van der Waals surface area contributed by atoms with E-state index < -0.39 is 10.0 Å². The van der Waals surface area contributed by atoms with Gasteiger partial charge in [-0.1, -0.05) is 0 Å². The standard InChI is InChI=1S/C13H16N2O3S/c16-10-4-3-9(6-14-10)19(17,18)15-13-11-7-1-2-8(5-7)12(11)13/h3-4,6-8,11-13,15H,1-2,5H2,(H,14,16). The van der Waals surface area contributed by atoms with Crippen molar-refractivity contribution in [1.29, 1.82) is 0 Å². The van der Waals surface area contributed by atoms with Crippen LogP contribution in [-0.4, -0.2) is 19.4 Å². The summed E-state index contributed by atoms with van der Waals surface area (Å²) in [5.41, 5.74) is -0.291. The van der Waals surface area contributed by atoms with E-state index in [1.807, 2.05) is 0 Å². The van der Waals surface area contributed by atoms with Crippen molar-refractivity contribution in [1.82, 2.24) is 9.71 Å². The molecule has 0 spiro atoms. The molecule has 0 aromatic carbocycles. The van der Waals surface area contributed by atoms with Gasteiger partial charge in [-0.05, 0) is 49.0 Å². The number of H-pyrrole nitrogens is 1. The summed E-state index contributed by atoms with van der Waals surface area (Å²) in [6.07, 6.45) is 5.09. The Hall–Kier alpha value is -1.14.